The van der Waals surface area contributed by atoms with Gasteiger partial charge in [0, 0.05) is 45.7 Å². The molecule has 2 saturated heterocycles. The molecule has 0 radical (unpaired) electrons. The number of aromatic nitrogens is 1. The van der Waals surface area contributed by atoms with Crippen LogP contribution >= 0.6 is 35.3 Å². The third-order valence-electron chi connectivity index (χ3n) is 4.93. The van der Waals surface area contributed by atoms with Crippen LogP contribution in [0.4, 0.5) is 5.13 Å². The van der Waals surface area contributed by atoms with Gasteiger partial charge in [0.1, 0.15) is 0 Å². The van der Waals surface area contributed by atoms with Crippen LogP contribution in [0.25, 0.3) is 0 Å². The lowest BCUT2D eigenvalue weighted by molar-refractivity contribution is -0.0367. The number of hydrogen-bond donors (Lipinski definition) is 1. The van der Waals surface area contributed by atoms with Crippen molar-refractivity contribution < 1.29 is 9.47 Å². The molecule has 3 rings (SSSR count). The first-order valence-corrected chi connectivity index (χ1v) is 10.9. The van der Waals surface area contributed by atoms with E-state index in [-0.39, 0.29) is 24.0 Å². The molecule has 2 aliphatic rings. The second kappa shape index (κ2) is 12.1. The van der Waals surface area contributed by atoms with Crippen LogP contribution in [-0.4, -0.2) is 75.0 Å². The largest absolute Gasteiger partial charge is 0.376 e. The predicted octanol–water partition coefficient (Wildman–Crippen LogP) is 2.95. The van der Waals surface area contributed by atoms with E-state index in [0.29, 0.717) is 18.8 Å². The van der Waals surface area contributed by atoms with Crippen molar-refractivity contribution in [3.8, 4) is 0 Å². The molecule has 2 fully saturated rings. The number of nitrogens with zero attached hydrogens (tertiary/aromatic N) is 4. The second-order valence-corrected chi connectivity index (χ2v) is 8.18. The fourth-order valence-electron chi connectivity index (χ4n) is 3.41. The number of piperidine rings is 1. The molecule has 160 valence electrons. The van der Waals surface area contributed by atoms with E-state index in [9.17, 15) is 0 Å². The molecule has 0 aromatic carbocycles. The Labute approximate surface area is 189 Å². The van der Waals surface area contributed by atoms with Crippen LogP contribution in [0.15, 0.2) is 10.4 Å². The molecule has 0 bridgehead atoms. The maximum atomic E-state index is 6.08. The van der Waals surface area contributed by atoms with Gasteiger partial charge in [0.2, 0.25) is 0 Å². The number of anilines is 1. The fourth-order valence-corrected chi connectivity index (χ4v) is 4.16. The van der Waals surface area contributed by atoms with E-state index < -0.39 is 0 Å². The molecule has 1 unspecified atom stereocenters. The molecular weight excluding hydrogens is 489 g/mol. The van der Waals surface area contributed by atoms with E-state index in [0.717, 1.165) is 68.9 Å². The first kappa shape index (κ1) is 23.6. The van der Waals surface area contributed by atoms with Gasteiger partial charge < -0.3 is 24.6 Å². The summed E-state index contributed by atoms with van der Waals surface area (Å²) in [5.74, 6) is 0.981. The first-order chi connectivity index (χ1) is 13.2. The quantitative estimate of drug-likeness (QED) is 0.337. The van der Waals surface area contributed by atoms with Gasteiger partial charge in [0.25, 0.3) is 0 Å². The monoisotopic (exact) mass is 523 g/mol. The van der Waals surface area contributed by atoms with Gasteiger partial charge in [-0.05, 0) is 32.6 Å². The van der Waals surface area contributed by atoms with Crippen LogP contribution in [0, 0.1) is 0 Å². The molecule has 1 aromatic heterocycles. The molecule has 0 aliphatic carbocycles. The standard InChI is InChI=1S/C19H33N5O2S.HI/c1-4-20-18(21-12-15-14-27-19(22-15)23(2)3)24-9-7-16(8-10-24)26-13-17-6-5-11-25-17;/h14,16-17H,4-13H2,1-3H3,(H,20,21);1H. The smallest absolute Gasteiger partial charge is 0.194 e. The summed E-state index contributed by atoms with van der Waals surface area (Å²) in [5.41, 5.74) is 1.02. The van der Waals surface area contributed by atoms with E-state index in [2.05, 4.69) is 27.5 Å². The number of rotatable bonds is 7. The molecule has 2 aliphatic heterocycles. The zero-order valence-electron chi connectivity index (χ0n) is 17.2. The Morgan fingerprint density at radius 3 is 2.79 bits per heavy atom. The molecule has 1 atom stereocenters. The van der Waals surface area contributed by atoms with E-state index >= 15 is 0 Å². The summed E-state index contributed by atoms with van der Waals surface area (Å²) in [5, 5.41) is 6.54. The lowest BCUT2D eigenvalue weighted by Crippen LogP contribution is -2.47. The number of thiazole rings is 1. The number of nitrogens with one attached hydrogen (secondary N) is 1. The van der Waals surface area contributed by atoms with Crippen molar-refractivity contribution in [3.05, 3.63) is 11.1 Å². The van der Waals surface area contributed by atoms with Crippen molar-refractivity contribution in [2.45, 2.75) is 51.4 Å². The van der Waals surface area contributed by atoms with Crippen molar-refractivity contribution in [2.24, 2.45) is 4.99 Å². The average Bonchev–Trinajstić information content (AvgIpc) is 3.36. The Morgan fingerprint density at radius 1 is 1.39 bits per heavy atom. The van der Waals surface area contributed by atoms with Gasteiger partial charge in [-0.1, -0.05) is 0 Å². The van der Waals surface area contributed by atoms with Gasteiger partial charge in [0.15, 0.2) is 11.1 Å². The topological polar surface area (TPSA) is 62.2 Å². The summed E-state index contributed by atoms with van der Waals surface area (Å²) in [7, 11) is 4.03. The summed E-state index contributed by atoms with van der Waals surface area (Å²) in [6.45, 7) is 7.18. The third-order valence-corrected chi connectivity index (χ3v) is 5.99. The predicted molar refractivity (Wildman–Crippen MR) is 126 cm³/mol. The highest BCUT2D eigenvalue weighted by Crippen LogP contribution is 2.20. The lowest BCUT2D eigenvalue weighted by atomic mass is 10.1. The highest BCUT2D eigenvalue weighted by molar-refractivity contribution is 14.0. The van der Waals surface area contributed by atoms with Crippen molar-refractivity contribution in [2.75, 3.05) is 51.8 Å². The van der Waals surface area contributed by atoms with Crippen LogP contribution in [0.3, 0.4) is 0 Å². The van der Waals surface area contributed by atoms with Crippen molar-refractivity contribution in [3.63, 3.8) is 0 Å². The van der Waals surface area contributed by atoms with E-state index in [4.69, 9.17) is 14.5 Å². The molecule has 1 aromatic rings. The number of likely N-dealkylation sites (tertiary alicyclic amines) is 1. The third kappa shape index (κ3) is 7.00. The maximum Gasteiger partial charge on any atom is 0.194 e. The minimum absolute atomic E-state index is 0. The minimum atomic E-state index is 0. The van der Waals surface area contributed by atoms with E-state index in [1.54, 1.807) is 11.3 Å². The van der Waals surface area contributed by atoms with Crippen molar-refractivity contribution in [1.82, 2.24) is 15.2 Å². The van der Waals surface area contributed by atoms with Gasteiger partial charge in [-0.2, -0.15) is 0 Å². The molecule has 28 heavy (non-hydrogen) atoms. The fraction of sp³-hybridized carbons (Fsp3) is 0.789. The number of ether oxygens (including phenoxy) is 2. The van der Waals surface area contributed by atoms with Gasteiger partial charge in [-0.15, -0.1) is 35.3 Å². The number of hydrogen-bond acceptors (Lipinski definition) is 6. The van der Waals surface area contributed by atoms with Crippen LogP contribution in [0.1, 0.15) is 38.3 Å². The molecule has 9 heteroatoms. The molecule has 0 spiro atoms. The molecule has 7 nitrogen and oxygen atoms in total. The molecular formula is C19H34IN5O2S. The summed E-state index contributed by atoms with van der Waals surface area (Å²) < 4.78 is 11.7. The first-order valence-electron chi connectivity index (χ1n) is 10.0. The van der Waals surface area contributed by atoms with E-state index in [1.165, 1.54) is 6.42 Å². The summed E-state index contributed by atoms with van der Waals surface area (Å²) in [6, 6.07) is 0. The Hall–Kier alpha value is -0.650. The zero-order chi connectivity index (χ0) is 19.1. The second-order valence-electron chi connectivity index (χ2n) is 7.34. The van der Waals surface area contributed by atoms with Crippen molar-refractivity contribution >= 4 is 46.4 Å². The summed E-state index contributed by atoms with van der Waals surface area (Å²) in [4.78, 5) is 13.8. The van der Waals surface area contributed by atoms with E-state index in [1.807, 2.05) is 19.0 Å². The number of guanidine groups is 1. The maximum absolute atomic E-state index is 6.08. The Morgan fingerprint density at radius 2 is 2.18 bits per heavy atom. The highest BCUT2D eigenvalue weighted by Gasteiger charge is 2.24. The SMILES string of the molecule is CCNC(=NCc1csc(N(C)C)n1)N1CCC(OCC2CCCO2)CC1.I. The summed E-state index contributed by atoms with van der Waals surface area (Å²) >= 11 is 1.66. The summed E-state index contributed by atoms with van der Waals surface area (Å²) in [6.07, 6.45) is 5.05. The number of aliphatic imine (C=N–C) groups is 1. The molecule has 0 saturated carbocycles. The Bertz CT molecular complexity index is 599. The average molecular weight is 523 g/mol. The van der Waals surface area contributed by atoms with Crippen LogP contribution in [0.5, 0.6) is 0 Å². The molecule has 0 amide bonds. The normalized spacial score (nSPS) is 20.9. The van der Waals surface area contributed by atoms with Gasteiger partial charge >= 0.3 is 0 Å². The van der Waals surface area contributed by atoms with Crippen molar-refractivity contribution in [1.29, 1.82) is 0 Å². The number of halogens is 1. The Kier molecular flexibility index (Phi) is 10.2. The zero-order valence-corrected chi connectivity index (χ0v) is 20.4. The van der Waals surface area contributed by atoms with Crippen LogP contribution in [0.2, 0.25) is 0 Å². The van der Waals surface area contributed by atoms with Gasteiger partial charge in [-0.25, -0.2) is 9.98 Å². The molecule has 3 heterocycles. The Balaban J connectivity index is 0.00000280. The minimum Gasteiger partial charge on any atom is -0.376 e. The highest BCUT2D eigenvalue weighted by atomic mass is 127. The lowest BCUT2D eigenvalue weighted by Gasteiger charge is -2.34. The van der Waals surface area contributed by atoms with Crippen LogP contribution < -0.4 is 10.2 Å². The van der Waals surface area contributed by atoms with Gasteiger partial charge in [-0.3, -0.25) is 0 Å². The van der Waals surface area contributed by atoms with Crippen LogP contribution in [-0.2, 0) is 16.0 Å². The van der Waals surface area contributed by atoms with Gasteiger partial charge in [0.05, 0.1) is 31.1 Å². The molecule has 1 N–H and O–H groups in total.